The fraction of sp³-hybridized carbons (Fsp3) is 0.600. The number of aromatic nitrogens is 4. The molecule has 0 spiro atoms. The van der Waals surface area contributed by atoms with Gasteiger partial charge in [-0.15, -0.1) is 0 Å². The molecule has 6 N–H and O–H groups in total. The van der Waals surface area contributed by atoms with Crippen LogP contribution in [0.2, 0.25) is 0 Å². The lowest BCUT2D eigenvalue weighted by Gasteiger charge is -2.21. The molecule has 0 aromatic carbocycles. The molecule has 47 heavy (non-hydrogen) atoms. The van der Waals surface area contributed by atoms with Crippen LogP contribution in [0.1, 0.15) is 49.3 Å². The molecule has 2 saturated heterocycles. The quantitative estimate of drug-likeness (QED) is 0.143. The van der Waals surface area contributed by atoms with Gasteiger partial charge >= 0.3 is 42.7 Å². The van der Waals surface area contributed by atoms with Gasteiger partial charge in [-0.2, -0.15) is 12.9 Å². The van der Waals surface area contributed by atoms with Gasteiger partial charge in [-0.25, -0.2) is 27.8 Å². The highest BCUT2D eigenvalue weighted by molar-refractivity contribution is 7.69. The molecule has 4 heterocycles. The van der Waals surface area contributed by atoms with Gasteiger partial charge < -0.3 is 29.0 Å². The van der Waals surface area contributed by atoms with Crippen molar-refractivity contribution in [3.8, 4) is 0 Å². The van der Waals surface area contributed by atoms with Gasteiger partial charge in [-0.3, -0.25) is 37.7 Å². The molecule has 2 aromatic heterocycles. The maximum atomic E-state index is 12.2. The van der Waals surface area contributed by atoms with E-state index in [-0.39, 0.29) is 36.8 Å². The maximum absolute atomic E-state index is 12.2. The van der Waals surface area contributed by atoms with Crippen molar-refractivity contribution in [3.63, 3.8) is 0 Å². The number of hydrogen-bond acceptors (Lipinski definition) is 15. The second kappa shape index (κ2) is 14.4. The van der Waals surface area contributed by atoms with Crippen LogP contribution in [-0.4, -0.2) is 64.1 Å². The number of aromatic amines is 2. The fourth-order valence-corrected chi connectivity index (χ4v) is 9.44. The molecule has 0 saturated carbocycles. The van der Waals surface area contributed by atoms with Crippen molar-refractivity contribution >= 4 is 31.3 Å². The summed E-state index contributed by atoms with van der Waals surface area (Å²) >= 11 is 0. The summed E-state index contributed by atoms with van der Waals surface area (Å²) in [4.78, 5) is 90.6. The van der Waals surface area contributed by atoms with Gasteiger partial charge in [-0.1, -0.05) is 0 Å². The Morgan fingerprint density at radius 1 is 0.660 bits per heavy atom. The van der Waals surface area contributed by atoms with Crippen molar-refractivity contribution in [3.05, 3.63) is 65.2 Å². The van der Waals surface area contributed by atoms with Crippen molar-refractivity contribution < 1.29 is 69.3 Å². The first kappa shape index (κ1) is 37.7. The van der Waals surface area contributed by atoms with Crippen molar-refractivity contribution in [2.24, 2.45) is 0 Å². The maximum Gasteiger partial charge on any atom is 0.490 e. The summed E-state index contributed by atoms with van der Waals surface area (Å²) < 4.78 is 83.0. The minimum absolute atomic E-state index is 0.159. The predicted octanol–water partition coefficient (Wildman–Crippen LogP) is 0.543. The van der Waals surface area contributed by atoms with Crippen LogP contribution >= 0.6 is 31.3 Å². The van der Waals surface area contributed by atoms with Crippen LogP contribution in [0.15, 0.2) is 31.6 Å². The molecule has 27 heteroatoms. The van der Waals surface area contributed by atoms with Gasteiger partial charge in [0.05, 0.1) is 25.4 Å². The Morgan fingerprint density at radius 2 is 1.00 bits per heavy atom. The van der Waals surface area contributed by atoms with Crippen LogP contribution < -0.4 is 22.5 Å². The van der Waals surface area contributed by atoms with Crippen molar-refractivity contribution in [1.29, 1.82) is 0 Å². The first-order valence-corrected chi connectivity index (χ1v) is 19.3. The third-order valence-electron chi connectivity index (χ3n) is 6.55. The number of ether oxygens (including phenoxy) is 2. The van der Waals surface area contributed by atoms with E-state index >= 15 is 0 Å². The zero-order valence-electron chi connectivity index (χ0n) is 24.3. The van der Waals surface area contributed by atoms with E-state index in [1.807, 2.05) is 0 Å². The summed E-state index contributed by atoms with van der Waals surface area (Å²) in [7, 11) is -23.1. The van der Waals surface area contributed by atoms with E-state index in [0.717, 1.165) is 9.13 Å². The molecule has 2 aliphatic rings. The molecule has 8 atom stereocenters. The van der Waals surface area contributed by atoms with Crippen LogP contribution in [0, 0.1) is 13.8 Å². The molecular formula is C20H30N4O19P4. The number of H-pyrrole nitrogens is 2. The summed E-state index contributed by atoms with van der Waals surface area (Å²) in [5.41, 5.74) is -2.32. The molecule has 264 valence electrons. The molecule has 23 nitrogen and oxygen atoms in total. The second-order valence-corrected chi connectivity index (χ2v) is 16.5. The zero-order valence-corrected chi connectivity index (χ0v) is 27.9. The molecule has 4 rings (SSSR count). The number of rotatable bonds is 14. The molecule has 0 amide bonds. The van der Waals surface area contributed by atoms with Gasteiger partial charge in [0.1, 0.15) is 12.5 Å². The highest BCUT2D eigenvalue weighted by Crippen LogP contribution is 2.71. The minimum atomic E-state index is -6.02. The van der Waals surface area contributed by atoms with E-state index in [1.54, 1.807) is 0 Å². The third-order valence-corrected chi connectivity index (χ3v) is 12.5. The van der Waals surface area contributed by atoms with Crippen LogP contribution in [-0.2, 0) is 49.7 Å². The molecule has 2 aliphatic heterocycles. The van der Waals surface area contributed by atoms with Crippen LogP contribution in [0.4, 0.5) is 0 Å². The first-order valence-electron chi connectivity index (χ1n) is 13.3. The average Bonchev–Trinajstić information content (AvgIpc) is 3.59. The van der Waals surface area contributed by atoms with Crippen LogP contribution in [0.3, 0.4) is 0 Å². The summed E-state index contributed by atoms with van der Waals surface area (Å²) in [6.45, 7) is 1.42. The Morgan fingerprint density at radius 3 is 1.36 bits per heavy atom. The van der Waals surface area contributed by atoms with E-state index in [9.17, 15) is 57.0 Å². The molecular weight excluding hydrogens is 724 g/mol. The number of hydrogen-bond donors (Lipinski definition) is 6. The summed E-state index contributed by atoms with van der Waals surface area (Å²) in [5.74, 6) is 0. The van der Waals surface area contributed by atoms with Gasteiger partial charge in [0.25, 0.3) is 11.1 Å². The van der Waals surface area contributed by atoms with E-state index < -0.39 is 91.7 Å². The molecule has 4 unspecified atom stereocenters. The van der Waals surface area contributed by atoms with Crippen molar-refractivity contribution in [1.82, 2.24) is 19.1 Å². The van der Waals surface area contributed by atoms with Crippen molar-refractivity contribution in [2.75, 3.05) is 13.2 Å². The van der Waals surface area contributed by atoms with Crippen LogP contribution in [0.25, 0.3) is 0 Å². The van der Waals surface area contributed by atoms with Crippen LogP contribution in [0.5, 0.6) is 0 Å². The number of phosphoric ester groups is 2. The lowest BCUT2D eigenvalue weighted by atomic mass is 10.2. The highest BCUT2D eigenvalue weighted by Gasteiger charge is 2.46. The lowest BCUT2D eigenvalue weighted by molar-refractivity contribution is -0.0247. The topological polar surface area (TPSA) is 324 Å². The van der Waals surface area contributed by atoms with E-state index in [1.165, 1.54) is 26.2 Å². The Hall–Kier alpha value is -2.16. The Labute approximate surface area is 262 Å². The zero-order chi connectivity index (χ0) is 34.9. The Kier molecular flexibility index (Phi) is 11.5. The van der Waals surface area contributed by atoms with Crippen molar-refractivity contribution in [2.45, 2.75) is 64.2 Å². The van der Waals surface area contributed by atoms with E-state index in [2.05, 4.69) is 31.9 Å². The molecule has 0 bridgehead atoms. The number of aryl methyl sites for hydroxylation is 2. The molecule has 0 radical (unpaired) electrons. The smallest absolute Gasteiger partial charge is 0.352 e. The highest BCUT2D eigenvalue weighted by atomic mass is 31.3. The van der Waals surface area contributed by atoms with Gasteiger partial charge in [0, 0.05) is 23.5 Å². The Bertz CT molecular complexity index is 1780. The normalized spacial score (nSPS) is 26.7. The second-order valence-electron chi connectivity index (χ2n) is 10.2. The number of nitrogens with one attached hydrogen (secondary N) is 2. The summed E-state index contributed by atoms with van der Waals surface area (Å²) in [5, 5.41) is 0. The molecule has 2 fully saturated rings. The molecule has 2 aromatic rings. The van der Waals surface area contributed by atoms with E-state index in [4.69, 9.17) is 9.47 Å². The largest absolute Gasteiger partial charge is 0.490 e. The standard InChI is InChI=1S/C20H30N4O19P4/c1-11-7-23(19(27)21-17(11)25)15-5-3-13(39-15)9-37-44(29,30)41-46(33,34)43-47(35,36)42-45(31,32)38-10-14-4-6-16(40-14)24-8-12(2)18(26)22-20(24)28/h7-8,13-16H,3-6,9-10H2,1-2H3,(H,29,30)(H,31,32)(H,33,34)(H,35,36)(H,21,25,27)(H,22,26,28)/t13-,14-,15+,16+/m0/s1. The minimum Gasteiger partial charge on any atom is -0.352 e. The third kappa shape index (κ3) is 10.4. The molecule has 0 aliphatic carbocycles. The number of nitrogens with zero attached hydrogens (tertiary/aromatic N) is 2. The lowest BCUT2D eigenvalue weighted by Crippen LogP contribution is -2.33. The average molecular weight is 754 g/mol. The van der Waals surface area contributed by atoms with Gasteiger partial charge in [0.15, 0.2) is 0 Å². The predicted molar refractivity (Wildman–Crippen MR) is 153 cm³/mol. The monoisotopic (exact) mass is 754 g/mol. The van der Waals surface area contributed by atoms with E-state index in [0.29, 0.717) is 0 Å². The van der Waals surface area contributed by atoms with Gasteiger partial charge in [0.2, 0.25) is 0 Å². The van der Waals surface area contributed by atoms with Gasteiger partial charge in [-0.05, 0) is 39.5 Å². The first-order chi connectivity index (χ1) is 21.6. The SMILES string of the molecule is Cc1cn([C@H]2CC[C@@H](COP(=O)(O)OP(=O)(O)OP(=O)(O)OP(=O)(O)OC[C@@H]3CC[C@H](n4cc(C)c(=O)[nH]c4=O)O3)O2)c(=O)[nH]c1=O. The summed E-state index contributed by atoms with van der Waals surface area (Å²) in [6.07, 6.45) is -0.464. The fourth-order valence-electron chi connectivity index (χ4n) is 4.45. The Balaban J connectivity index is 1.25. The summed E-state index contributed by atoms with van der Waals surface area (Å²) in [6, 6.07) is 0. The number of phosphoric acid groups is 4.